The van der Waals surface area contributed by atoms with E-state index in [4.69, 9.17) is 0 Å². The van der Waals surface area contributed by atoms with Gasteiger partial charge in [0.15, 0.2) is 17.3 Å². The molecular weight excluding hydrogens is 419 g/mol. The van der Waals surface area contributed by atoms with E-state index in [-0.39, 0.29) is 11.6 Å². The third-order valence-corrected chi connectivity index (χ3v) is 6.04. The molecule has 0 unspecified atom stereocenters. The van der Waals surface area contributed by atoms with Gasteiger partial charge in [0.25, 0.3) is 0 Å². The van der Waals surface area contributed by atoms with Crippen molar-refractivity contribution in [3.05, 3.63) is 99.7 Å². The van der Waals surface area contributed by atoms with E-state index in [2.05, 4.69) is 10.1 Å². The molecule has 1 atom stereocenters. The highest BCUT2D eigenvalue weighted by Crippen LogP contribution is 2.25. The molecule has 0 fully saturated rings. The summed E-state index contributed by atoms with van der Waals surface area (Å²) in [5.74, 6) is -0.348. The van der Waals surface area contributed by atoms with Crippen LogP contribution < -0.4 is 5.69 Å². The summed E-state index contributed by atoms with van der Waals surface area (Å²) in [6.07, 6.45) is 0. The number of aryl methyl sites for hydroxylation is 2. The number of Topliss-reactive ketones (excluding diaryl/α,β-unsaturated/α-hetero) is 1. The van der Waals surface area contributed by atoms with E-state index in [0.717, 1.165) is 11.1 Å². The first-order valence-electron chi connectivity index (χ1n) is 10.6. The third kappa shape index (κ3) is 3.42. The topological polar surface area (TPSA) is 69.3 Å². The fraction of sp³-hybridized carbons (Fsp3) is 0.154. The predicted molar refractivity (Wildman–Crippen MR) is 125 cm³/mol. The summed E-state index contributed by atoms with van der Waals surface area (Å²) >= 11 is 0. The largest absolute Gasteiger partial charge is 0.351 e. The second-order valence-electron chi connectivity index (χ2n) is 8.19. The molecule has 0 aliphatic rings. The number of ketones is 1. The first kappa shape index (κ1) is 20.8. The van der Waals surface area contributed by atoms with E-state index in [9.17, 15) is 14.0 Å². The van der Waals surface area contributed by atoms with Crippen LogP contribution in [-0.4, -0.2) is 24.9 Å². The lowest BCUT2D eigenvalue weighted by atomic mass is 10.00. The van der Waals surface area contributed by atoms with Gasteiger partial charge in [0, 0.05) is 16.5 Å². The quantitative estimate of drug-likeness (QED) is 0.372. The van der Waals surface area contributed by atoms with Crippen molar-refractivity contribution in [2.24, 2.45) is 0 Å². The van der Waals surface area contributed by atoms with Gasteiger partial charge in [-0.3, -0.25) is 9.36 Å². The first-order valence-corrected chi connectivity index (χ1v) is 10.6. The van der Waals surface area contributed by atoms with E-state index in [0.29, 0.717) is 27.7 Å². The minimum Gasteiger partial charge on any atom is -0.292 e. The summed E-state index contributed by atoms with van der Waals surface area (Å²) in [6.45, 7) is 5.65. The molecule has 0 saturated heterocycles. The van der Waals surface area contributed by atoms with E-state index in [1.807, 2.05) is 44.2 Å². The molecule has 0 spiro atoms. The smallest absolute Gasteiger partial charge is 0.292 e. The Hall–Kier alpha value is -4.13. The van der Waals surface area contributed by atoms with Gasteiger partial charge in [-0.05, 0) is 62.2 Å². The van der Waals surface area contributed by atoms with Crippen LogP contribution in [0.1, 0.15) is 34.5 Å². The zero-order valence-corrected chi connectivity index (χ0v) is 18.4. The highest BCUT2D eigenvalue weighted by molar-refractivity contribution is 6.00. The van der Waals surface area contributed by atoms with Crippen molar-refractivity contribution < 1.29 is 9.18 Å². The molecule has 33 heavy (non-hydrogen) atoms. The number of nitrogens with zero attached hydrogens (tertiary/aromatic N) is 4. The number of fused-ring (bicyclic) bond motifs is 3. The van der Waals surface area contributed by atoms with Crippen molar-refractivity contribution in [2.75, 3.05) is 0 Å². The molecule has 5 aromatic rings. The van der Waals surface area contributed by atoms with Gasteiger partial charge in [0.2, 0.25) is 0 Å². The van der Waals surface area contributed by atoms with E-state index < -0.39 is 17.5 Å². The van der Waals surface area contributed by atoms with Gasteiger partial charge < -0.3 is 0 Å². The first-order chi connectivity index (χ1) is 15.8. The molecule has 0 N–H and O–H groups in total. The van der Waals surface area contributed by atoms with Crippen molar-refractivity contribution in [1.29, 1.82) is 0 Å². The fourth-order valence-corrected chi connectivity index (χ4v) is 4.07. The lowest BCUT2D eigenvalue weighted by Gasteiger charge is -2.17. The molecule has 0 bridgehead atoms. The number of hydrogen-bond acceptors (Lipinski definition) is 4. The fourth-order valence-electron chi connectivity index (χ4n) is 4.07. The molecule has 3 aromatic carbocycles. The Balaban J connectivity index is 1.73. The molecule has 0 saturated carbocycles. The predicted octanol–water partition coefficient (Wildman–Crippen LogP) is 4.91. The molecule has 164 valence electrons. The van der Waals surface area contributed by atoms with Crippen LogP contribution in [0.4, 0.5) is 4.39 Å². The molecule has 2 aromatic heterocycles. The van der Waals surface area contributed by atoms with Crippen molar-refractivity contribution in [3.8, 4) is 11.4 Å². The van der Waals surface area contributed by atoms with Crippen molar-refractivity contribution >= 4 is 22.3 Å². The summed E-state index contributed by atoms with van der Waals surface area (Å²) in [5, 5.41) is 5.04. The Labute approximate surface area is 188 Å². The average molecular weight is 440 g/mol. The SMILES string of the molecule is Cc1ccc(C(=O)[C@H](C)n2c(=O)n3nc(-c4cccc(F)c4)nc3c3ccccc32)cc1C. The Bertz CT molecular complexity index is 1620. The van der Waals surface area contributed by atoms with E-state index >= 15 is 0 Å². The maximum absolute atomic E-state index is 13.7. The maximum atomic E-state index is 13.7. The highest BCUT2D eigenvalue weighted by atomic mass is 19.1. The van der Waals surface area contributed by atoms with Crippen LogP contribution in [0.25, 0.3) is 27.9 Å². The van der Waals surface area contributed by atoms with Crippen molar-refractivity contribution in [1.82, 2.24) is 19.2 Å². The lowest BCUT2D eigenvalue weighted by Crippen LogP contribution is -2.33. The molecule has 7 heteroatoms. The monoisotopic (exact) mass is 440 g/mol. The summed E-state index contributed by atoms with van der Waals surface area (Å²) < 4.78 is 16.4. The van der Waals surface area contributed by atoms with Crippen LogP contribution in [0.3, 0.4) is 0 Å². The summed E-state index contributed by atoms with van der Waals surface area (Å²) in [5.41, 5.74) is 3.57. The molecule has 0 aliphatic heterocycles. The van der Waals surface area contributed by atoms with E-state index in [1.54, 1.807) is 31.2 Å². The van der Waals surface area contributed by atoms with Gasteiger partial charge in [0.05, 0.1) is 11.6 Å². The number of hydrogen-bond donors (Lipinski definition) is 0. The number of aromatic nitrogens is 4. The van der Waals surface area contributed by atoms with Gasteiger partial charge in [-0.2, -0.15) is 4.52 Å². The summed E-state index contributed by atoms with van der Waals surface area (Å²) in [6, 6.07) is 17.9. The van der Waals surface area contributed by atoms with Gasteiger partial charge in [-0.1, -0.05) is 36.4 Å². The molecular formula is C26H21FN4O2. The number of carbonyl (C=O) groups is 1. The standard InChI is InChI=1S/C26H21FN4O2/c1-15-11-12-18(13-16(15)2)23(32)17(3)30-22-10-5-4-9-21(22)25-28-24(29-31(25)26(30)33)19-7-6-8-20(27)14-19/h4-14,17H,1-3H3/t17-/m0/s1. The lowest BCUT2D eigenvalue weighted by molar-refractivity contribution is 0.0934. The van der Waals surface area contributed by atoms with Crippen LogP contribution in [0.2, 0.25) is 0 Å². The summed E-state index contributed by atoms with van der Waals surface area (Å²) in [7, 11) is 0. The molecule has 0 aliphatic carbocycles. The zero-order valence-electron chi connectivity index (χ0n) is 18.4. The molecule has 6 nitrogen and oxygen atoms in total. The highest BCUT2D eigenvalue weighted by Gasteiger charge is 2.24. The Morgan fingerprint density at radius 1 is 0.970 bits per heavy atom. The minimum absolute atomic E-state index is 0.171. The summed E-state index contributed by atoms with van der Waals surface area (Å²) in [4.78, 5) is 31.4. The third-order valence-electron chi connectivity index (χ3n) is 6.04. The Morgan fingerprint density at radius 2 is 1.76 bits per heavy atom. The van der Waals surface area contributed by atoms with Crippen molar-refractivity contribution in [2.45, 2.75) is 26.8 Å². The maximum Gasteiger partial charge on any atom is 0.351 e. The Kier molecular flexibility index (Phi) is 4.89. The minimum atomic E-state index is -0.768. The second-order valence-corrected chi connectivity index (χ2v) is 8.19. The molecule has 0 radical (unpaired) electrons. The van der Waals surface area contributed by atoms with Gasteiger partial charge in [0.1, 0.15) is 5.82 Å². The van der Waals surface area contributed by atoms with Crippen LogP contribution in [0.15, 0.2) is 71.5 Å². The van der Waals surface area contributed by atoms with Crippen LogP contribution in [0, 0.1) is 19.7 Å². The number of para-hydroxylation sites is 1. The average Bonchev–Trinajstić information content (AvgIpc) is 3.27. The Morgan fingerprint density at radius 3 is 2.52 bits per heavy atom. The van der Waals surface area contributed by atoms with Crippen LogP contribution >= 0.6 is 0 Å². The number of halogens is 1. The number of carbonyl (C=O) groups excluding carboxylic acids is 1. The molecule has 0 amide bonds. The molecule has 2 heterocycles. The van der Waals surface area contributed by atoms with E-state index in [1.165, 1.54) is 21.2 Å². The van der Waals surface area contributed by atoms with Crippen LogP contribution in [-0.2, 0) is 0 Å². The van der Waals surface area contributed by atoms with Gasteiger partial charge >= 0.3 is 5.69 Å². The normalized spacial score (nSPS) is 12.4. The number of rotatable bonds is 4. The second kappa shape index (κ2) is 7.78. The van der Waals surface area contributed by atoms with Crippen LogP contribution in [0.5, 0.6) is 0 Å². The van der Waals surface area contributed by atoms with Gasteiger partial charge in [-0.25, -0.2) is 14.2 Å². The number of benzene rings is 3. The zero-order chi connectivity index (χ0) is 23.3. The van der Waals surface area contributed by atoms with Crippen molar-refractivity contribution in [3.63, 3.8) is 0 Å². The molecule has 5 rings (SSSR count). The van der Waals surface area contributed by atoms with Gasteiger partial charge in [-0.15, -0.1) is 5.10 Å².